The zero-order valence-corrected chi connectivity index (χ0v) is 21.7. The van der Waals surface area contributed by atoms with E-state index in [1.165, 1.54) is 21.9 Å². The van der Waals surface area contributed by atoms with Crippen LogP contribution >= 0.6 is 34.5 Å². The highest BCUT2D eigenvalue weighted by atomic mass is 35.5. The molecule has 1 aliphatic heterocycles. The van der Waals surface area contributed by atoms with Crippen LogP contribution in [0.4, 0.5) is 10.5 Å². The van der Waals surface area contributed by atoms with Gasteiger partial charge in [0.05, 0.1) is 16.3 Å². The van der Waals surface area contributed by atoms with E-state index < -0.39 is 24.0 Å². The summed E-state index contributed by atoms with van der Waals surface area (Å²) in [4.78, 5) is 41.3. The molecule has 2 aromatic carbocycles. The first-order valence-corrected chi connectivity index (χ1v) is 12.9. The lowest BCUT2D eigenvalue weighted by Crippen LogP contribution is -2.48. The fourth-order valence-corrected chi connectivity index (χ4v) is 6.03. The molecule has 2 amide bonds. The van der Waals surface area contributed by atoms with Gasteiger partial charge in [0.2, 0.25) is 0 Å². The molecule has 7 nitrogen and oxygen atoms in total. The lowest BCUT2D eigenvalue weighted by atomic mass is 9.88. The Hall–Kier alpha value is -3.07. The summed E-state index contributed by atoms with van der Waals surface area (Å²) in [5.74, 6) is -1.62. The Morgan fingerprint density at radius 3 is 2.28 bits per heavy atom. The van der Waals surface area contributed by atoms with Gasteiger partial charge in [-0.3, -0.25) is 4.79 Å². The standard InChI is InChI=1S/C26H24Cl2N2O5S/c1-15(16-9-11-29(12-10-16)26(34)35)30(24(31)19-8-7-18(27)13-20(19)28)21-14-22(36-23(21)25(32)33)17-5-3-2-4-6-17/h2-8,13-16H,9-12H2,1H3,(H,32,33)(H,34,35). The molecule has 0 bridgehead atoms. The number of carboxylic acids is 1. The molecule has 10 heteroatoms. The number of amides is 2. The van der Waals surface area contributed by atoms with Crippen molar-refractivity contribution in [3.8, 4) is 10.4 Å². The lowest BCUT2D eigenvalue weighted by Gasteiger charge is -2.39. The van der Waals surface area contributed by atoms with Crippen molar-refractivity contribution in [1.82, 2.24) is 4.90 Å². The minimum absolute atomic E-state index is 0.0436. The summed E-state index contributed by atoms with van der Waals surface area (Å²) in [6, 6.07) is 15.3. The van der Waals surface area contributed by atoms with Crippen molar-refractivity contribution in [2.24, 2.45) is 5.92 Å². The van der Waals surface area contributed by atoms with Gasteiger partial charge in [0, 0.05) is 29.0 Å². The van der Waals surface area contributed by atoms with E-state index in [9.17, 15) is 24.6 Å². The van der Waals surface area contributed by atoms with Gasteiger partial charge < -0.3 is 20.0 Å². The third kappa shape index (κ3) is 5.36. The second-order valence-electron chi connectivity index (χ2n) is 8.64. The lowest BCUT2D eigenvalue weighted by molar-refractivity contribution is 0.0702. The zero-order chi connectivity index (χ0) is 26.0. The van der Waals surface area contributed by atoms with Crippen LogP contribution in [0.3, 0.4) is 0 Å². The third-order valence-electron chi connectivity index (χ3n) is 6.50. The summed E-state index contributed by atoms with van der Waals surface area (Å²) < 4.78 is 0. The van der Waals surface area contributed by atoms with E-state index in [1.54, 1.807) is 12.1 Å². The predicted octanol–water partition coefficient (Wildman–Crippen LogP) is 6.85. The molecule has 1 aromatic heterocycles. The van der Waals surface area contributed by atoms with E-state index in [4.69, 9.17) is 23.2 Å². The van der Waals surface area contributed by atoms with E-state index >= 15 is 0 Å². The fraction of sp³-hybridized carbons (Fsp3) is 0.269. The number of benzene rings is 2. The molecule has 3 aromatic rings. The minimum atomic E-state index is -1.13. The van der Waals surface area contributed by atoms with Crippen molar-refractivity contribution in [1.29, 1.82) is 0 Å². The molecule has 0 radical (unpaired) electrons. The number of nitrogens with zero attached hydrogens (tertiary/aromatic N) is 2. The van der Waals surface area contributed by atoms with E-state index in [1.807, 2.05) is 37.3 Å². The van der Waals surface area contributed by atoms with Gasteiger partial charge in [0.1, 0.15) is 4.88 Å². The van der Waals surface area contributed by atoms with Gasteiger partial charge in [0.15, 0.2) is 0 Å². The third-order valence-corrected chi connectivity index (χ3v) is 8.21. The highest BCUT2D eigenvalue weighted by Crippen LogP contribution is 2.40. The summed E-state index contributed by atoms with van der Waals surface area (Å²) in [6.07, 6.45) is 0.119. The number of thiophene rings is 1. The van der Waals surface area contributed by atoms with Crippen LogP contribution in [-0.4, -0.2) is 52.2 Å². The van der Waals surface area contributed by atoms with Crippen LogP contribution < -0.4 is 4.90 Å². The van der Waals surface area contributed by atoms with E-state index in [2.05, 4.69) is 0 Å². The Morgan fingerprint density at radius 2 is 1.69 bits per heavy atom. The highest BCUT2D eigenvalue weighted by Gasteiger charge is 2.36. The molecule has 1 unspecified atom stereocenters. The van der Waals surface area contributed by atoms with Crippen LogP contribution in [0.5, 0.6) is 0 Å². The summed E-state index contributed by atoms with van der Waals surface area (Å²) in [5.41, 5.74) is 1.34. The van der Waals surface area contributed by atoms with Gasteiger partial charge in [0.25, 0.3) is 5.91 Å². The smallest absolute Gasteiger partial charge is 0.407 e. The number of aromatic carboxylic acids is 1. The molecule has 2 heterocycles. The average Bonchev–Trinajstić information content (AvgIpc) is 3.30. The Morgan fingerprint density at radius 1 is 1.03 bits per heavy atom. The minimum Gasteiger partial charge on any atom is -0.477 e. The molecule has 0 saturated carbocycles. The Labute approximate surface area is 222 Å². The van der Waals surface area contributed by atoms with E-state index in [0.29, 0.717) is 31.0 Å². The van der Waals surface area contributed by atoms with Crippen LogP contribution in [0.1, 0.15) is 39.8 Å². The van der Waals surface area contributed by atoms with Gasteiger partial charge >= 0.3 is 12.1 Å². The average molecular weight is 547 g/mol. The molecular formula is C26H24Cl2N2O5S. The summed E-state index contributed by atoms with van der Waals surface area (Å²) in [7, 11) is 0. The quantitative estimate of drug-likeness (QED) is 0.352. The second-order valence-corrected chi connectivity index (χ2v) is 10.5. The van der Waals surface area contributed by atoms with Gasteiger partial charge in [-0.15, -0.1) is 11.3 Å². The van der Waals surface area contributed by atoms with Gasteiger partial charge in [-0.2, -0.15) is 0 Å². The number of hydrogen-bond donors (Lipinski definition) is 2. The molecule has 1 fully saturated rings. The molecule has 0 aliphatic carbocycles. The summed E-state index contributed by atoms with van der Waals surface area (Å²) >= 11 is 13.5. The van der Waals surface area contributed by atoms with Gasteiger partial charge in [-0.25, -0.2) is 9.59 Å². The van der Waals surface area contributed by atoms with E-state index in [0.717, 1.165) is 21.8 Å². The molecule has 36 heavy (non-hydrogen) atoms. The van der Waals surface area contributed by atoms with Gasteiger partial charge in [-0.05, 0) is 55.5 Å². The Bertz CT molecular complexity index is 1290. The van der Waals surface area contributed by atoms with Crippen molar-refractivity contribution in [2.75, 3.05) is 18.0 Å². The predicted molar refractivity (Wildman–Crippen MR) is 142 cm³/mol. The van der Waals surface area contributed by atoms with Crippen LogP contribution in [0, 0.1) is 5.92 Å². The molecule has 188 valence electrons. The summed E-state index contributed by atoms with van der Waals surface area (Å²) in [5, 5.41) is 19.9. The largest absolute Gasteiger partial charge is 0.477 e. The maximum absolute atomic E-state index is 14.0. The molecule has 1 atom stereocenters. The number of carboxylic acid groups (broad SMARTS) is 2. The Balaban J connectivity index is 1.79. The number of piperidine rings is 1. The SMILES string of the molecule is CC(C1CCN(C(=O)O)CC1)N(C(=O)c1ccc(Cl)cc1Cl)c1cc(-c2ccccc2)sc1C(=O)O. The molecule has 0 spiro atoms. The molecule has 1 saturated heterocycles. The number of halogens is 2. The molecule has 4 rings (SSSR count). The fourth-order valence-electron chi connectivity index (χ4n) is 4.55. The Kier molecular flexibility index (Phi) is 7.88. The number of carbonyl (C=O) groups is 3. The maximum Gasteiger partial charge on any atom is 0.407 e. The van der Waals surface area contributed by atoms with Crippen LogP contribution in [0.25, 0.3) is 10.4 Å². The van der Waals surface area contributed by atoms with E-state index in [-0.39, 0.29) is 27.1 Å². The van der Waals surface area contributed by atoms with Crippen LogP contribution in [0.2, 0.25) is 10.0 Å². The maximum atomic E-state index is 14.0. The monoisotopic (exact) mass is 546 g/mol. The summed E-state index contributed by atoms with van der Waals surface area (Å²) in [6.45, 7) is 2.56. The van der Waals surface area contributed by atoms with Crippen molar-refractivity contribution in [3.63, 3.8) is 0 Å². The van der Waals surface area contributed by atoms with Crippen molar-refractivity contribution in [3.05, 3.63) is 75.1 Å². The van der Waals surface area contributed by atoms with Crippen molar-refractivity contribution < 1.29 is 24.6 Å². The first kappa shape index (κ1) is 26.0. The van der Waals surface area contributed by atoms with Crippen molar-refractivity contribution >= 4 is 58.2 Å². The first-order chi connectivity index (χ1) is 17.2. The number of anilines is 1. The first-order valence-electron chi connectivity index (χ1n) is 11.4. The van der Waals surface area contributed by atoms with Crippen molar-refractivity contribution in [2.45, 2.75) is 25.8 Å². The van der Waals surface area contributed by atoms with Crippen LogP contribution in [-0.2, 0) is 0 Å². The molecule has 2 N–H and O–H groups in total. The molecule has 1 aliphatic rings. The number of hydrogen-bond acceptors (Lipinski definition) is 4. The number of rotatable bonds is 6. The normalized spacial score (nSPS) is 14.9. The zero-order valence-electron chi connectivity index (χ0n) is 19.4. The van der Waals surface area contributed by atoms with Gasteiger partial charge in [-0.1, -0.05) is 53.5 Å². The highest BCUT2D eigenvalue weighted by molar-refractivity contribution is 7.18. The van der Waals surface area contributed by atoms with Crippen LogP contribution in [0.15, 0.2) is 54.6 Å². The topological polar surface area (TPSA) is 98.2 Å². The number of likely N-dealkylation sites (tertiary alicyclic amines) is 1. The second kappa shape index (κ2) is 10.9. The number of carbonyl (C=O) groups excluding carboxylic acids is 1. The molecular weight excluding hydrogens is 523 g/mol.